The molecule has 3 heterocycles. The number of aryl methyl sites for hydroxylation is 1. The zero-order valence-electron chi connectivity index (χ0n) is 19.3. The molecule has 0 bridgehead atoms. The zero-order chi connectivity index (χ0) is 24.5. The van der Waals surface area contributed by atoms with Crippen LogP contribution in [0.4, 0.5) is 5.13 Å². The van der Waals surface area contributed by atoms with E-state index in [1.165, 1.54) is 21.8 Å². The number of nitrogens with one attached hydrogen (secondary N) is 1. The molecule has 1 fully saturated rings. The molecule has 34 heavy (non-hydrogen) atoms. The van der Waals surface area contributed by atoms with Gasteiger partial charge in [-0.1, -0.05) is 0 Å². The van der Waals surface area contributed by atoms with Gasteiger partial charge >= 0.3 is 0 Å². The van der Waals surface area contributed by atoms with Gasteiger partial charge in [0.25, 0.3) is 5.91 Å². The van der Waals surface area contributed by atoms with Gasteiger partial charge < -0.3 is 10.1 Å². The summed E-state index contributed by atoms with van der Waals surface area (Å²) in [7, 11) is -2.77. The number of amides is 1. The number of ether oxygens (including phenoxy) is 1. The number of anilines is 1. The van der Waals surface area contributed by atoms with E-state index < -0.39 is 16.4 Å². The van der Waals surface area contributed by atoms with E-state index in [9.17, 15) is 13.2 Å². The molecule has 0 unspecified atom stereocenters. The number of hydrogen-bond donors (Lipinski definition) is 2. The van der Waals surface area contributed by atoms with E-state index in [-0.39, 0.29) is 17.6 Å². The summed E-state index contributed by atoms with van der Waals surface area (Å²) in [6.45, 7) is 7.89. The molecule has 3 aromatic heterocycles. The number of aromatic nitrogens is 4. The van der Waals surface area contributed by atoms with Gasteiger partial charge in [0.15, 0.2) is 5.13 Å². The largest absolute Gasteiger partial charge is 0.477 e. The lowest BCUT2D eigenvalue weighted by Gasteiger charge is -2.25. The number of pyridine rings is 1. The highest BCUT2D eigenvalue weighted by Gasteiger charge is 2.36. The Bertz CT molecular complexity index is 1260. The third kappa shape index (κ3) is 5.17. The van der Waals surface area contributed by atoms with E-state index in [2.05, 4.69) is 25.3 Å². The maximum atomic E-state index is 12.9. The predicted octanol–water partition coefficient (Wildman–Crippen LogP) is 2.86. The van der Waals surface area contributed by atoms with Crippen molar-refractivity contribution in [2.24, 2.45) is 0 Å². The van der Waals surface area contributed by atoms with Crippen molar-refractivity contribution >= 4 is 33.3 Å². The molecule has 0 spiro atoms. The third-order valence-electron chi connectivity index (χ3n) is 5.26. The van der Waals surface area contributed by atoms with Gasteiger partial charge in [0.05, 0.1) is 35.9 Å². The number of carbonyl (C=O) groups is 1. The summed E-state index contributed by atoms with van der Waals surface area (Å²) in [6, 6.07) is 3.35. The maximum Gasteiger partial charge on any atom is 0.270 e. The molecule has 1 aliphatic carbocycles. The van der Waals surface area contributed by atoms with Crippen molar-refractivity contribution in [3.8, 4) is 17.1 Å². The Hall–Kier alpha value is -3.12. The van der Waals surface area contributed by atoms with Gasteiger partial charge in [-0.25, -0.2) is 22.7 Å². The Morgan fingerprint density at radius 2 is 2.00 bits per heavy atom. The maximum absolute atomic E-state index is 12.9. The summed E-state index contributed by atoms with van der Waals surface area (Å²) in [5.41, 5.74) is 1.33. The lowest BCUT2D eigenvalue weighted by Crippen LogP contribution is -2.42. The minimum absolute atomic E-state index is 0.0150. The first-order chi connectivity index (χ1) is 16.2. The molecule has 0 radical (unpaired) electrons. The number of nitrogens with zero attached hydrogens (tertiary/aromatic N) is 5. The van der Waals surface area contributed by atoms with Gasteiger partial charge in [-0.2, -0.15) is 0 Å². The summed E-state index contributed by atoms with van der Waals surface area (Å²) in [5, 5.41) is 3.40. The lowest BCUT2D eigenvalue weighted by molar-refractivity contribution is 0.0905. The van der Waals surface area contributed by atoms with Gasteiger partial charge in [0, 0.05) is 22.7 Å². The predicted molar refractivity (Wildman–Crippen MR) is 130 cm³/mol. The molecule has 4 rings (SSSR count). The molecular formula is C22H26N6O4S2. The minimum Gasteiger partial charge on any atom is -0.477 e. The second-order valence-corrected chi connectivity index (χ2v) is 10.5. The van der Waals surface area contributed by atoms with Crippen LogP contribution in [0.3, 0.4) is 0 Å². The highest BCUT2D eigenvalue weighted by atomic mass is 32.2. The first-order valence-electron chi connectivity index (χ1n) is 10.8. The summed E-state index contributed by atoms with van der Waals surface area (Å²) in [4.78, 5) is 31.2. The van der Waals surface area contributed by atoms with E-state index in [4.69, 9.17) is 4.74 Å². The molecule has 0 atom stereocenters. The van der Waals surface area contributed by atoms with Crippen LogP contribution in [0.5, 0.6) is 5.88 Å². The van der Waals surface area contributed by atoms with E-state index >= 15 is 0 Å². The standard InChI is InChI=1S/C22H26N6O4S2/c1-5-32-18-12-23-11-17(25-18)14-6-9-16(24-10-14)20(29)27-22(3,4)19-13(2)33-21(26-19)28(34(30)31)15-7-8-15/h6,9-12,15,34H,5,7-8H2,1-4H3,(H,27,29). The average molecular weight is 503 g/mol. The highest BCUT2D eigenvalue weighted by molar-refractivity contribution is 7.74. The first-order valence-corrected chi connectivity index (χ1v) is 12.8. The SMILES string of the molecule is CCOc1cncc(-c2ccc(C(=O)NC(C)(C)c3nc(N(C4CC4)[SH](=O)=O)sc3C)nc2)n1. The summed E-state index contributed by atoms with van der Waals surface area (Å²) in [5.74, 6) is 0.0527. The van der Waals surface area contributed by atoms with Crippen LogP contribution in [0.1, 0.15) is 54.7 Å². The molecule has 1 amide bonds. The Morgan fingerprint density at radius 3 is 2.62 bits per heavy atom. The van der Waals surface area contributed by atoms with Crippen LogP contribution in [0.25, 0.3) is 11.3 Å². The highest BCUT2D eigenvalue weighted by Crippen LogP contribution is 2.37. The van der Waals surface area contributed by atoms with Crippen LogP contribution in [0.15, 0.2) is 30.7 Å². The van der Waals surface area contributed by atoms with Crippen LogP contribution >= 0.6 is 11.3 Å². The van der Waals surface area contributed by atoms with Gasteiger partial charge in [0.1, 0.15) is 5.69 Å². The Balaban J connectivity index is 1.50. The fourth-order valence-electron chi connectivity index (χ4n) is 3.53. The van der Waals surface area contributed by atoms with Crippen LogP contribution in [0.2, 0.25) is 0 Å². The fraction of sp³-hybridized carbons (Fsp3) is 0.409. The first kappa shape index (κ1) is 24.0. The molecule has 0 saturated heterocycles. The molecule has 10 nitrogen and oxygen atoms in total. The number of carbonyl (C=O) groups excluding carboxylic acids is 1. The van der Waals surface area contributed by atoms with Crippen molar-refractivity contribution in [3.05, 3.63) is 47.0 Å². The molecule has 1 saturated carbocycles. The minimum atomic E-state index is -2.77. The molecular weight excluding hydrogens is 476 g/mol. The van der Waals surface area contributed by atoms with Crippen molar-refractivity contribution < 1.29 is 17.9 Å². The van der Waals surface area contributed by atoms with Crippen molar-refractivity contribution in [3.63, 3.8) is 0 Å². The summed E-state index contributed by atoms with van der Waals surface area (Å²) < 4.78 is 30.2. The van der Waals surface area contributed by atoms with Crippen LogP contribution in [-0.2, 0) is 16.4 Å². The molecule has 12 heteroatoms. The molecule has 1 aliphatic rings. The monoisotopic (exact) mass is 502 g/mol. The molecule has 0 aliphatic heterocycles. The topological polar surface area (TPSA) is 127 Å². The fourth-order valence-corrected chi connectivity index (χ4v) is 5.59. The number of hydrogen-bond acceptors (Lipinski definition) is 9. The molecule has 0 aromatic carbocycles. The van der Waals surface area contributed by atoms with E-state index in [0.717, 1.165) is 17.7 Å². The smallest absolute Gasteiger partial charge is 0.270 e. The summed E-state index contributed by atoms with van der Waals surface area (Å²) >= 11 is 1.31. The second-order valence-electron chi connectivity index (χ2n) is 8.40. The average Bonchev–Trinajstić information content (AvgIpc) is 3.54. The van der Waals surface area contributed by atoms with Crippen molar-refractivity contribution in [2.75, 3.05) is 10.9 Å². The van der Waals surface area contributed by atoms with Crippen LogP contribution in [-0.4, -0.2) is 46.9 Å². The Kier molecular flexibility index (Phi) is 6.80. The van der Waals surface area contributed by atoms with Crippen molar-refractivity contribution in [1.82, 2.24) is 25.3 Å². The van der Waals surface area contributed by atoms with E-state index in [0.29, 0.717) is 34.6 Å². The molecule has 180 valence electrons. The Labute approximate surface area is 203 Å². The normalized spacial score (nSPS) is 13.7. The van der Waals surface area contributed by atoms with Gasteiger partial charge in [0.2, 0.25) is 16.8 Å². The van der Waals surface area contributed by atoms with Gasteiger partial charge in [-0.15, -0.1) is 11.3 Å². The zero-order valence-corrected chi connectivity index (χ0v) is 21.0. The summed E-state index contributed by atoms with van der Waals surface area (Å²) in [6.07, 6.45) is 6.37. The molecule has 3 aromatic rings. The Morgan fingerprint density at radius 1 is 1.24 bits per heavy atom. The van der Waals surface area contributed by atoms with E-state index in [1.54, 1.807) is 24.5 Å². The number of thiol groups is 1. The van der Waals surface area contributed by atoms with E-state index in [1.807, 2.05) is 27.7 Å². The van der Waals surface area contributed by atoms with Crippen LogP contribution in [0, 0.1) is 6.92 Å². The van der Waals surface area contributed by atoms with Crippen LogP contribution < -0.4 is 14.4 Å². The van der Waals surface area contributed by atoms with Gasteiger partial charge in [-0.3, -0.25) is 14.8 Å². The second kappa shape index (κ2) is 9.63. The number of thiazole rings is 1. The van der Waals surface area contributed by atoms with Crippen molar-refractivity contribution in [2.45, 2.75) is 52.1 Å². The lowest BCUT2D eigenvalue weighted by atomic mass is 9.99. The third-order valence-corrected chi connectivity index (χ3v) is 7.24. The van der Waals surface area contributed by atoms with Gasteiger partial charge in [-0.05, 0) is 52.7 Å². The van der Waals surface area contributed by atoms with Crippen molar-refractivity contribution in [1.29, 1.82) is 0 Å². The number of rotatable bonds is 9. The molecule has 1 N–H and O–H groups in total. The quantitative estimate of drug-likeness (QED) is 0.428.